The van der Waals surface area contributed by atoms with Crippen molar-refractivity contribution in [3.8, 4) is 62.2 Å². The second kappa shape index (κ2) is 14.4. The van der Waals surface area contributed by atoms with Crippen molar-refractivity contribution in [2.75, 3.05) is 0 Å². The van der Waals surface area contributed by atoms with Crippen LogP contribution in [0, 0.1) is 0 Å². The average molecular weight is 818 g/mol. The monoisotopic (exact) mass is 817 g/mol. The number of aromatic nitrogens is 5. The molecule has 6 heteroatoms. The number of hydrogen-bond donors (Lipinski definition) is 0. The first-order valence-electron chi connectivity index (χ1n) is 21.5. The van der Waals surface area contributed by atoms with Gasteiger partial charge in [-0.05, 0) is 58.3 Å². The molecule has 0 aliphatic carbocycles. The molecule has 0 saturated carbocycles. The predicted molar refractivity (Wildman–Crippen MR) is 261 cm³/mol. The van der Waals surface area contributed by atoms with Crippen molar-refractivity contribution in [3.05, 3.63) is 212 Å². The summed E-state index contributed by atoms with van der Waals surface area (Å²) in [5.74, 6) is 1.84. The van der Waals surface area contributed by atoms with Crippen LogP contribution in [0.15, 0.2) is 217 Å². The highest BCUT2D eigenvalue weighted by atomic mass is 16.3. The third kappa shape index (κ3) is 5.73. The van der Waals surface area contributed by atoms with Crippen LogP contribution in [0.3, 0.4) is 0 Å². The van der Waals surface area contributed by atoms with Gasteiger partial charge in [0, 0.05) is 54.9 Å². The van der Waals surface area contributed by atoms with E-state index in [1.807, 2.05) is 48.5 Å². The predicted octanol–water partition coefficient (Wildman–Crippen LogP) is 14.9. The van der Waals surface area contributed by atoms with Gasteiger partial charge < -0.3 is 8.98 Å². The molecule has 0 aliphatic heterocycles. The molecule has 0 radical (unpaired) electrons. The van der Waals surface area contributed by atoms with E-state index in [1.54, 1.807) is 0 Å². The molecule has 0 spiro atoms. The van der Waals surface area contributed by atoms with Crippen molar-refractivity contribution in [2.24, 2.45) is 0 Å². The molecule has 0 unspecified atom stereocenters. The number of benzene rings is 9. The van der Waals surface area contributed by atoms with E-state index in [4.69, 9.17) is 24.4 Å². The number of pyridine rings is 1. The van der Waals surface area contributed by atoms with Gasteiger partial charge in [-0.1, -0.05) is 176 Å². The van der Waals surface area contributed by atoms with Gasteiger partial charge in [-0.25, -0.2) is 19.9 Å². The molecule has 4 heterocycles. The van der Waals surface area contributed by atoms with E-state index in [2.05, 4.69) is 168 Å². The smallest absolute Gasteiger partial charge is 0.164 e. The fourth-order valence-corrected chi connectivity index (χ4v) is 9.51. The van der Waals surface area contributed by atoms with Gasteiger partial charge in [-0.3, -0.25) is 0 Å². The quantitative estimate of drug-likeness (QED) is 0.167. The number of furan rings is 1. The number of fused-ring (bicyclic) bond motifs is 9. The molecule has 9 aromatic carbocycles. The SMILES string of the molecule is c1ccc(-c2nc(-c3ccc(-c4ccc(-c5nc6ccccc6c6c5oc5ccccc56)c5ccccc45)cc3)nc(-c3cccc(-n4c5ccccc5c5ccccc54)c3)n2)cc1. The lowest BCUT2D eigenvalue weighted by Crippen LogP contribution is -2.01. The van der Waals surface area contributed by atoms with Crippen molar-refractivity contribution in [2.45, 2.75) is 0 Å². The molecule has 0 aliphatic rings. The lowest BCUT2D eigenvalue weighted by Gasteiger charge is -2.13. The molecule has 0 atom stereocenters. The van der Waals surface area contributed by atoms with Crippen molar-refractivity contribution >= 4 is 65.4 Å². The minimum absolute atomic E-state index is 0.607. The van der Waals surface area contributed by atoms with Crippen molar-refractivity contribution in [3.63, 3.8) is 0 Å². The van der Waals surface area contributed by atoms with Crippen molar-refractivity contribution in [1.29, 1.82) is 0 Å². The molecule has 4 aromatic heterocycles. The van der Waals surface area contributed by atoms with Crippen molar-refractivity contribution in [1.82, 2.24) is 24.5 Å². The molecule has 0 fully saturated rings. The van der Waals surface area contributed by atoms with Crippen LogP contribution in [0.1, 0.15) is 0 Å². The van der Waals surface area contributed by atoms with Crippen LogP contribution < -0.4 is 0 Å². The summed E-state index contributed by atoms with van der Waals surface area (Å²) in [6.45, 7) is 0. The topological polar surface area (TPSA) is 69.6 Å². The zero-order chi connectivity index (χ0) is 42.1. The third-order valence-corrected chi connectivity index (χ3v) is 12.5. The standard InChI is InChI=1S/C58H35N5O/c1-2-15-37(16-3-1)56-60-57(62-58(61-56)39-17-14-18-40(35-39)63-50-26-11-7-21-44(50)45-22-8-12-27-51(45)63)38-31-29-36(30-32-38)41-33-34-46(43-20-5-4-19-42(41)43)54-55-53(47-23-6-10-25-49(47)59-54)48-24-9-13-28-52(48)64-55/h1-35H. The molecular formula is C58H35N5O. The van der Waals surface area contributed by atoms with Crippen LogP contribution >= 0.6 is 0 Å². The highest BCUT2D eigenvalue weighted by molar-refractivity contribution is 6.22. The minimum atomic E-state index is 0.607. The van der Waals surface area contributed by atoms with E-state index < -0.39 is 0 Å². The molecule has 298 valence electrons. The summed E-state index contributed by atoms with van der Waals surface area (Å²) in [5, 5.41) is 7.93. The second-order valence-electron chi connectivity index (χ2n) is 16.2. The first kappa shape index (κ1) is 36.0. The summed E-state index contributed by atoms with van der Waals surface area (Å²) in [6.07, 6.45) is 0. The van der Waals surface area contributed by atoms with E-state index in [0.29, 0.717) is 17.5 Å². The Bertz CT molecular complexity index is 3910. The lowest BCUT2D eigenvalue weighted by molar-refractivity contribution is 0.669. The largest absolute Gasteiger partial charge is 0.454 e. The fourth-order valence-electron chi connectivity index (χ4n) is 9.51. The van der Waals surface area contributed by atoms with Gasteiger partial charge in [0.1, 0.15) is 11.3 Å². The Kier molecular flexibility index (Phi) is 8.11. The Labute approximate surface area is 367 Å². The number of hydrogen-bond acceptors (Lipinski definition) is 5. The van der Waals surface area contributed by atoms with E-state index in [-0.39, 0.29) is 0 Å². The summed E-state index contributed by atoms with van der Waals surface area (Å²) in [7, 11) is 0. The molecule has 0 amide bonds. The number of nitrogens with zero attached hydrogens (tertiary/aromatic N) is 5. The number of para-hydroxylation sites is 4. The second-order valence-corrected chi connectivity index (χ2v) is 16.2. The Hall–Kier alpha value is -8.74. The van der Waals surface area contributed by atoms with E-state index in [1.165, 1.54) is 10.8 Å². The van der Waals surface area contributed by atoms with Crippen LogP contribution in [0.5, 0.6) is 0 Å². The van der Waals surface area contributed by atoms with Gasteiger partial charge in [0.25, 0.3) is 0 Å². The summed E-state index contributed by atoms with van der Waals surface area (Å²) < 4.78 is 8.93. The van der Waals surface area contributed by atoms with Gasteiger partial charge >= 0.3 is 0 Å². The molecule has 13 rings (SSSR count). The summed E-state index contributed by atoms with van der Waals surface area (Å²) in [5.41, 5.74) is 12.7. The molecule has 0 saturated heterocycles. The molecule has 13 aromatic rings. The van der Waals surface area contributed by atoms with E-state index in [0.717, 1.165) is 99.4 Å². The first-order valence-corrected chi connectivity index (χ1v) is 21.5. The van der Waals surface area contributed by atoms with Gasteiger partial charge in [0.15, 0.2) is 23.1 Å². The van der Waals surface area contributed by atoms with Crippen LogP contribution in [-0.2, 0) is 0 Å². The van der Waals surface area contributed by atoms with Crippen LogP contribution in [-0.4, -0.2) is 24.5 Å². The molecular weight excluding hydrogens is 783 g/mol. The average Bonchev–Trinajstić information content (AvgIpc) is 3.93. The maximum Gasteiger partial charge on any atom is 0.164 e. The normalized spacial score (nSPS) is 11.8. The van der Waals surface area contributed by atoms with E-state index >= 15 is 0 Å². The Morgan fingerprint density at radius 2 is 0.859 bits per heavy atom. The zero-order valence-electron chi connectivity index (χ0n) is 34.4. The fraction of sp³-hybridized carbons (Fsp3) is 0. The molecule has 64 heavy (non-hydrogen) atoms. The van der Waals surface area contributed by atoms with Gasteiger partial charge in [-0.15, -0.1) is 0 Å². The summed E-state index contributed by atoms with van der Waals surface area (Å²) in [6, 6.07) is 73.8. The van der Waals surface area contributed by atoms with Gasteiger partial charge in [0.2, 0.25) is 0 Å². The van der Waals surface area contributed by atoms with Gasteiger partial charge in [-0.2, -0.15) is 0 Å². The Balaban J connectivity index is 0.916. The lowest BCUT2D eigenvalue weighted by atomic mass is 9.92. The molecule has 0 N–H and O–H groups in total. The van der Waals surface area contributed by atoms with Crippen LogP contribution in [0.25, 0.3) is 128 Å². The summed E-state index contributed by atoms with van der Waals surface area (Å²) >= 11 is 0. The Morgan fingerprint density at radius 1 is 0.344 bits per heavy atom. The Morgan fingerprint density at radius 3 is 1.58 bits per heavy atom. The molecule has 0 bridgehead atoms. The maximum absolute atomic E-state index is 6.61. The molecule has 6 nitrogen and oxygen atoms in total. The van der Waals surface area contributed by atoms with Crippen LogP contribution in [0.2, 0.25) is 0 Å². The van der Waals surface area contributed by atoms with Crippen LogP contribution in [0.4, 0.5) is 0 Å². The third-order valence-electron chi connectivity index (χ3n) is 12.5. The highest BCUT2D eigenvalue weighted by Crippen LogP contribution is 2.43. The minimum Gasteiger partial charge on any atom is -0.454 e. The number of rotatable bonds is 6. The zero-order valence-corrected chi connectivity index (χ0v) is 34.4. The summed E-state index contributed by atoms with van der Waals surface area (Å²) in [4.78, 5) is 20.6. The highest BCUT2D eigenvalue weighted by Gasteiger charge is 2.21. The van der Waals surface area contributed by atoms with Crippen molar-refractivity contribution < 1.29 is 4.42 Å². The van der Waals surface area contributed by atoms with E-state index in [9.17, 15) is 0 Å². The van der Waals surface area contributed by atoms with Gasteiger partial charge in [0.05, 0.1) is 16.6 Å². The maximum atomic E-state index is 6.61. The first-order chi connectivity index (χ1) is 31.7.